The summed E-state index contributed by atoms with van der Waals surface area (Å²) in [4.78, 5) is 26.6. The minimum absolute atomic E-state index is 0.0579. The van der Waals surface area contributed by atoms with Crippen LogP contribution in [0.3, 0.4) is 0 Å². The Labute approximate surface area is 122 Å². The summed E-state index contributed by atoms with van der Waals surface area (Å²) >= 11 is 0. The summed E-state index contributed by atoms with van der Waals surface area (Å²) in [6, 6.07) is 1.57. The average Bonchev–Trinajstić information content (AvgIpc) is 2.52. The average molecular weight is 290 g/mol. The van der Waals surface area contributed by atoms with Crippen LogP contribution in [-0.2, 0) is 9.53 Å². The number of aliphatic carboxylic acids is 1. The highest BCUT2D eigenvalue weighted by Gasteiger charge is 2.16. The van der Waals surface area contributed by atoms with Crippen LogP contribution in [0.1, 0.15) is 35.2 Å². The fraction of sp³-hybridized carbons (Fsp3) is 0.400. The van der Waals surface area contributed by atoms with E-state index in [1.165, 1.54) is 18.5 Å². The van der Waals surface area contributed by atoms with Crippen molar-refractivity contribution in [1.82, 2.24) is 10.3 Å². The quantitative estimate of drug-likeness (QED) is 0.802. The molecule has 6 heteroatoms. The van der Waals surface area contributed by atoms with Gasteiger partial charge in [-0.15, -0.1) is 0 Å². The van der Waals surface area contributed by atoms with Crippen LogP contribution in [0.4, 0.5) is 0 Å². The van der Waals surface area contributed by atoms with Gasteiger partial charge in [0.2, 0.25) is 0 Å². The molecule has 0 aromatic carbocycles. The van der Waals surface area contributed by atoms with Gasteiger partial charge in [-0.25, -0.2) is 4.79 Å². The molecule has 1 unspecified atom stereocenters. The molecule has 6 nitrogen and oxygen atoms in total. The van der Waals surface area contributed by atoms with E-state index in [1.54, 1.807) is 6.07 Å². The van der Waals surface area contributed by atoms with Crippen molar-refractivity contribution < 1.29 is 19.4 Å². The summed E-state index contributed by atoms with van der Waals surface area (Å²) < 4.78 is 5.55. The highest BCUT2D eigenvalue weighted by atomic mass is 16.5. The number of hydrogen-bond donors (Lipinski definition) is 2. The second-order valence-electron chi connectivity index (χ2n) is 4.83. The predicted molar refractivity (Wildman–Crippen MR) is 76.8 cm³/mol. The molecule has 1 fully saturated rings. The van der Waals surface area contributed by atoms with Gasteiger partial charge in [0, 0.05) is 42.7 Å². The first-order valence-electron chi connectivity index (χ1n) is 6.91. The van der Waals surface area contributed by atoms with Crippen molar-refractivity contribution in [3.8, 4) is 0 Å². The van der Waals surface area contributed by atoms with Gasteiger partial charge >= 0.3 is 5.97 Å². The Morgan fingerprint density at radius 1 is 1.48 bits per heavy atom. The van der Waals surface area contributed by atoms with E-state index in [0.717, 1.165) is 31.9 Å². The summed E-state index contributed by atoms with van der Waals surface area (Å²) in [5.41, 5.74) is 0.875. The van der Waals surface area contributed by atoms with E-state index in [2.05, 4.69) is 10.3 Å². The van der Waals surface area contributed by atoms with Crippen LogP contribution in [0, 0.1) is 0 Å². The van der Waals surface area contributed by atoms with Gasteiger partial charge in [-0.3, -0.25) is 9.78 Å². The number of pyridine rings is 1. The van der Waals surface area contributed by atoms with Crippen LogP contribution in [0.25, 0.3) is 6.08 Å². The molecule has 1 aromatic heterocycles. The molecule has 2 heterocycles. The van der Waals surface area contributed by atoms with E-state index in [9.17, 15) is 9.59 Å². The van der Waals surface area contributed by atoms with E-state index < -0.39 is 5.97 Å². The van der Waals surface area contributed by atoms with Crippen LogP contribution in [0.5, 0.6) is 0 Å². The van der Waals surface area contributed by atoms with E-state index in [1.807, 2.05) is 0 Å². The lowest BCUT2D eigenvalue weighted by Crippen LogP contribution is -2.35. The Bertz CT molecular complexity index is 536. The number of nitrogens with one attached hydrogen (secondary N) is 1. The van der Waals surface area contributed by atoms with Gasteiger partial charge in [-0.2, -0.15) is 0 Å². The molecule has 0 saturated carbocycles. The third kappa shape index (κ3) is 4.68. The number of carboxylic acids is 1. The van der Waals surface area contributed by atoms with Crippen molar-refractivity contribution in [3.05, 3.63) is 35.7 Å². The number of carbonyl (C=O) groups excluding carboxylic acids is 1. The summed E-state index contributed by atoms with van der Waals surface area (Å²) in [5, 5.41) is 11.5. The summed E-state index contributed by atoms with van der Waals surface area (Å²) in [5.74, 6) is -1.32. The van der Waals surface area contributed by atoms with Crippen molar-refractivity contribution in [2.45, 2.75) is 25.4 Å². The third-order valence-corrected chi connectivity index (χ3v) is 3.27. The minimum Gasteiger partial charge on any atom is -0.478 e. The molecule has 0 radical (unpaired) electrons. The minimum atomic E-state index is -1.07. The second kappa shape index (κ2) is 7.54. The highest BCUT2D eigenvalue weighted by Crippen LogP contribution is 2.13. The fourth-order valence-corrected chi connectivity index (χ4v) is 2.18. The standard InChI is InChI=1S/C15H18N2O4/c18-14(19)5-4-11-9-16-7-6-13(11)15(20)17-10-12-3-1-2-8-21-12/h4-7,9,12H,1-3,8,10H2,(H,17,20)(H,18,19). The maximum absolute atomic E-state index is 12.2. The summed E-state index contributed by atoms with van der Waals surface area (Å²) in [6.07, 6.45) is 8.50. The topological polar surface area (TPSA) is 88.5 Å². The monoisotopic (exact) mass is 290 g/mol. The van der Waals surface area contributed by atoms with E-state index in [-0.39, 0.29) is 12.0 Å². The van der Waals surface area contributed by atoms with Gasteiger partial charge in [-0.1, -0.05) is 0 Å². The molecule has 0 bridgehead atoms. The van der Waals surface area contributed by atoms with Crippen LogP contribution in [0.2, 0.25) is 0 Å². The number of rotatable bonds is 5. The van der Waals surface area contributed by atoms with Crippen LogP contribution < -0.4 is 5.32 Å². The summed E-state index contributed by atoms with van der Waals surface area (Å²) in [6.45, 7) is 1.20. The van der Waals surface area contributed by atoms with E-state index >= 15 is 0 Å². The van der Waals surface area contributed by atoms with Crippen LogP contribution in [0.15, 0.2) is 24.5 Å². The fourth-order valence-electron chi connectivity index (χ4n) is 2.18. The number of carbonyl (C=O) groups is 2. The predicted octanol–water partition coefficient (Wildman–Crippen LogP) is 1.48. The second-order valence-corrected chi connectivity index (χ2v) is 4.83. The van der Waals surface area contributed by atoms with Gasteiger partial charge in [0.05, 0.1) is 6.10 Å². The number of aromatic nitrogens is 1. The summed E-state index contributed by atoms with van der Waals surface area (Å²) in [7, 11) is 0. The van der Waals surface area contributed by atoms with Gasteiger partial charge < -0.3 is 15.2 Å². The number of hydrogen-bond acceptors (Lipinski definition) is 4. The first-order chi connectivity index (χ1) is 10.2. The smallest absolute Gasteiger partial charge is 0.328 e. The molecule has 0 spiro atoms. The molecule has 112 valence electrons. The molecule has 0 aliphatic carbocycles. The zero-order valence-corrected chi connectivity index (χ0v) is 11.6. The Morgan fingerprint density at radius 3 is 3.05 bits per heavy atom. The van der Waals surface area contributed by atoms with Crippen molar-refractivity contribution in [3.63, 3.8) is 0 Å². The molecular formula is C15H18N2O4. The Morgan fingerprint density at radius 2 is 2.33 bits per heavy atom. The number of carboxylic acid groups (broad SMARTS) is 1. The van der Waals surface area contributed by atoms with Gasteiger partial charge in [-0.05, 0) is 31.4 Å². The van der Waals surface area contributed by atoms with Crippen molar-refractivity contribution in [1.29, 1.82) is 0 Å². The molecule has 1 saturated heterocycles. The van der Waals surface area contributed by atoms with E-state index in [0.29, 0.717) is 17.7 Å². The molecular weight excluding hydrogens is 272 g/mol. The first kappa shape index (κ1) is 15.2. The van der Waals surface area contributed by atoms with Gasteiger partial charge in [0.1, 0.15) is 0 Å². The maximum atomic E-state index is 12.2. The lowest BCUT2D eigenvalue weighted by Gasteiger charge is -2.22. The van der Waals surface area contributed by atoms with Crippen LogP contribution in [-0.4, -0.2) is 41.2 Å². The Balaban J connectivity index is 1.99. The zero-order chi connectivity index (χ0) is 15.1. The lowest BCUT2D eigenvalue weighted by molar-refractivity contribution is -0.131. The first-order valence-corrected chi connectivity index (χ1v) is 6.91. The Hall–Kier alpha value is -2.21. The molecule has 2 N–H and O–H groups in total. The number of nitrogens with zero attached hydrogens (tertiary/aromatic N) is 1. The molecule has 1 amide bonds. The van der Waals surface area contributed by atoms with Gasteiger partial charge in [0.25, 0.3) is 5.91 Å². The highest BCUT2D eigenvalue weighted by molar-refractivity contribution is 5.98. The molecule has 1 aliphatic rings. The SMILES string of the molecule is O=C(O)C=Cc1cnccc1C(=O)NCC1CCCCO1. The van der Waals surface area contributed by atoms with Crippen molar-refractivity contribution in [2.75, 3.05) is 13.2 Å². The molecule has 21 heavy (non-hydrogen) atoms. The zero-order valence-electron chi connectivity index (χ0n) is 11.6. The lowest BCUT2D eigenvalue weighted by atomic mass is 10.1. The number of ether oxygens (including phenoxy) is 1. The largest absolute Gasteiger partial charge is 0.478 e. The molecule has 2 rings (SSSR count). The van der Waals surface area contributed by atoms with E-state index in [4.69, 9.17) is 9.84 Å². The van der Waals surface area contributed by atoms with Crippen LogP contribution >= 0.6 is 0 Å². The van der Waals surface area contributed by atoms with Crippen molar-refractivity contribution >= 4 is 18.0 Å². The molecule has 1 aromatic rings. The van der Waals surface area contributed by atoms with Crippen molar-refractivity contribution in [2.24, 2.45) is 0 Å². The normalized spacial score (nSPS) is 18.6. The third-order valence-electron chi connectivity index (χ3n) is 3.27. The molecule has 1 aliphatic heterocycles. The maximum Gasteiger partial charge on any atom is 0.328 e. The van der Waals surface area contributed by atoms with Gasteiger partial charge in [0.15, 0.2) is 0 Å². The molecule has 1 atom stereocenters. The number of amides is 1. The Kier molecular flexibility index (Phi) is 5.45.